The van der Waals surface area contributed by atoms with Crippen molar-refractivity contribution in [1.29, 1.82) is 0 Å². The maximum Gasteiger partial charge on any atom is 0.315 e. The number of anilines is 1. The Bertz CT molecular complexity index is 671. The molecule has 3 amide bonds. The van der Waals surface area contributed by atoms with Gasteiger partial charge in [-0.25, -0.2) is 9.18 Å². The molecule has 0 saturated heterocycles. The molecule has 0 aliphatic heterocycles. The summed E-state index contributed by atoms with van der Waals surface area (Å²) in [4.78, 5) is 24.2. The van der Waals surface area contributed by atoms with Crippen LogP contribution in [0.4, 0.5) is 14.9 Å². The van der Waals surface area contributed by atoms with Gasteiger partial charge in [-0.3, -0.25) is 4.79 Å². The number of halogens is 1. The molecule has 1 aromatic rings. The zero-order valence-corrected chi connectivity index (χ0v) is 14.9. The molecule has 5 nitrogen and oxygen atoms in total. The molecule has 3 N–H and O–H groups in total. The van der Waals surface area contributed by atoms with E-state index in [0.717, 1.165) is 37.0 Å². The number of hydrogen-bond donors (Lipinski definition) is 3. The van der Waals surface area contributed by atoms with Gasteiger partial charge >= 0.3 is 6.03 Å². The number of benzene rings is 1. The molecule has 0 atom stereocenters. The molecular weight excluding hydrogens is 333 g/mol. The summed E-state index contributed by atoms with van der Waals surface area (Å²) in [5.74, 6) is 1.69. The topological polar surface area (TPSA) is 70.2 Å². The lowest BCUT2D eigenvalue weighted by Crippen LogP contribution is -2.61. The molecule has 4 fully saturated rings. The first-order valence-electron chi connectivity index (χ1n) is 9.61. The van der Waals surface area contributed by atoms with Crippen LogP contribution in [0.2, 0.25) is 0 Å². The van der Waals surface area contributed by atoms with E-state index in [2.05, 4.69) is 16.0 Å². The van der Waals surface area contributed by atoms with Crippen molar-refractivity contribution in [2.24, 2.45) is 17.8 Å². The van der Waals surface area contributed by atoms with Crippen molar-refractivity contribution < 1.29 is 14.0 Å². The third-order valence-electron chi connectivity index (χ3n) is 6.16. The second kappa shape index (κ2) is 6.89. The molecule has 26 heavy (non-hydrogen) atoms. The van der Waals surface area contributed by atoms with Gasteiger partial charge in [0.25, 0.3) is 0 Å². The van der Waals surface area contributed by atoms with E-state index in [1.54, 1.807) is 12.1 Å². The summed E-state index contributed by atoms with van der Waals surface area (Å²) < 4.78 is 13.1. The molecule has 4 aliphatic rings. The van der Waals surface area contributed by atoms with E-state index in [9.17, 15) is 14.0 Å². The molecule has 0 spiro atoms. The van der Waals surface area contributed by atoms with E-state index >= 15 is 0 Å². The number of hydrogen-bond acceptors (Lipinski definition) is 2. The molecule has 6 heteroatoms. The van der Waals surface area contributed by atoms with Gasteiger partial charge in [-0.05, 0) is 74.5 Å². The van der Waals surface area contributed by atoms with Crippen LogP contribution in [0, 0.1) is 23.6 Å². The highest BCUT2D eigenvalue weighted by Crippen LogP contribution is 2.55. The zero-order chi connectivity index (χ0) is 18.1. The second-order valence-corrected chi connectivity index (χ2v) is 8.39. The van der Waals surface area contributed by atoms with E-state index < -0.39 is 5.82 Å². The fourth-order valence-corrected chi connectivity index (χ4v) is 5.63. The van der Waals surface area contributed by atoms with Crippen LogP contribution < -0.4 is 16.0 Å². The van der Waals surface area contributed by atoms with Gasteiger partial charge in [-0.15, -0.1) is 0 Å². The molecule has 0 unspecified atom stereocenters. The predicted octanol–water partition coefficient (Wildman–Crippen LogP) is 3.42. The molecule has 0 radical (unpaired) electrons. The van der Waals surface area contributed by atoms with Gasteiger partial charge < -0.3 is 16.0 Å². The normalized spacial score (nSPS) is 31.5. The smallest absolute Gasteiger partial charge is 0.315 e. The number of rotatable bonds is 5. The van der Waals surface area contributed by atoms with Gasteiger partial charge in [0.05, 0.1) is 0 Å². The zero-order valence-electron chi connectivity index (χ0n) is 14.9. The van der Waals surface area contributed by atoms with Crippen molar-refractivity contribution in [3.05, 3.63) is 30.1 Å². The molecular formula is C20H26FN3O2. The van der Waals surface area contributed by atoms with Crippen LogP contribution >= 0.6 is 0 Å². The van der Waals surface area contributed by atoms with E-state index in [1.165, 1.54) is 31.4 Å². The van der Waals surface area contributed by atoms with Crippen molar-refractivity contribution in [2.45, 2.75) is 50.5 Å². The van der Waals surface area contributed by atoms with E-state index in [4.69, 9.17) is 0 Å². The second-order valence-electron chi connectivity index (χ2n) is 8.39. The van der Waals surface area contributed by atoms with Crippen LogP contribution in [-0.2, 0) is 4.79 Å². The van der Waals surface area contributed by atoms with Crippen LogP contribution in [0.5, 0.6) is 0 Å². The third kappa shape index (κ3) is 3.84. The third-order valence-corrected chi connectivity index (χ3v) is 6.16. The highest BCUT2D eigenvalue weighted by atomic mass is 19.1. The van der Waals surface area contributed by atoms with Crippen molar-refractivity contribution in [3.63, 3.8) is 0 Å². The Labute approximate surface area is 153 Å². The lowest BCUT2D eigenvalue weighted by atomic mass is 9.53. The van der Waals surface area contributed by atoms with Crippen molar-refractivity contribution >= 4 is 17.6 Å². The summed E-state index contributed by atoms with van der Waals surface area (Å²) >= 11 is 0. The molecule has 0 heterocycles. The fourth-order valence-electron chi connectivity index (χ4n) is 5.63. The van der Waals surface area contributed by atoms with E-state index in [-0.39, 0.29) is 30.4 Å². The molecule has 0 aromatic heterocycles. The summed E-state index contributed by atoms with van der Waals surface area (Å²) in [5, 5.41) is 8.66. The number of urea groups is 1. The van der Waals surface area contributed by atoms with Gasteiger partial charge in [-0.2, -0.15) is 0 Å². The Balaban J connectivity index is 1.21. The quantitative estimate of drug-likeness (QED) is 0.754. The minimum Gasteiger partial charge on any atom is -0.338 e. The van der Waals surface area contributed by atoms with Gasteiger partial charge in [0.2, 0.25) is 5.91 Å². The van der Waals surface area contributed by atoms with Crippen LogP contribution in [0.25, 0.3) is 0 Å². The summed E-state index contributed by atoms with van der Waals surface area (Å²) in [7, 11) is 0. The average Bonchev–Trinajstić information content (AvgIpc) is 2.52. The largest absolute Gasteiger partial charge is 0.338 e. The van der Waals surface area contributed by atoms with Gasteiger partial charge in [0.1, 0.15) is 5.82 Å². The minimum atomic E-state index is -0.393. The lowest BCUT2D eigenvalue weighted by Gasteiger charge is -2.56. The first kappa shape index (κ1) is 17.3. The Kier molecular flexibility index (Phi) is 4.59. The number of amides is 3. The minimum absolute atomic E-state index is 0.0251. The Morgan fingerprint density at radius 2 is 1.73 bits per heavy atom. The first-order valence-corrected chi connectivity index (χ1v) is 9.61. The number of carbonyl (C=O) groups excluding carboxylic acids is 2. The average molecular weight is 359 g/mol. The van der Waals surface area contributed by atoms with Crippen LogP contribution in [0.1, 0.15) is 44.9 Å². The van der Waals surface area contributed by atoms with Gasteiger partial charge in [0.15, 0.2) is 0 Å². The summed E-state index contributed by atoms with van der Waals surface area (Å²) in [6.45, 7) is 0.263. The molecule has 4 bridgehead atoms. The van der Waals surface area contributed by atoms with Crippen molar-refractivity contribution in [2.75, 3.05) is 11.9 Å². The van der Waals surface area contributed by atoms with Crippen LogP contribution in [0.3, 0.4) is 0 Å². The predicted molar refractivity (Wildman–Crippen MR) is 97.1 cm³/mol. The summed E-state index contributed by atoms with van der Waals surface area (Å²) in [6, 6.07) is 5.60. The Morgan fingerprint density at radius 1 is 1.08 bits per heavy atom. The molecule has 1 aromatic carbocycles. The maximum absolute atomic E-state index is 13.1. The summed E-state index contributed by atoms with van der Waals surface area (Å²) in [5.41, 5.74) is 0.399. The van der Waals surface area contributed by atoms with E-state index in [0.29, 0.717) is 5.69 Å². The molecule has 140 valence electrons. The lowest BCUT2D eigenvalue weighted by molar-refractivity contribution is -0.116. The van der Waals surface area contributed by atoms with Crippen molar-refractivity contribution in [1.82, 2.24) is 10.6 Å². The highest BCUT2D eigenvalue weighted by molar-refractivity contribution is 5.91. The SMILES string of the molecule is O=C(CCNC(=O)NC12CC3CC(CC(C3)C1)C2)Nc1cccc(F)c1. The molecule has 4 aliphatic carbocycles. The van der Waals surface area contributed by atoms with Crippen molar-refractivity contribution in [3.8, 4) is 0 Å². The first-order chi connectivity index (χ1) is 12.5. The number of nitrogens with one attached hydrogen (secondary N) is 3. The summed E-state index contributed by atoms with van der Waals surface area (Å²) in [6.07, 6.45) is 7.48. The Hall–Kier alpha value is -2.11. The number of carbonyl (C=O) groups is 2. The van der Waals surface area contributed by atoms with E-state index in [1.807, 2.05) is 0 Å². The monoisotopic (exact) mass is 359 g/mol. The fraction of sp³-hybridized carbons (Fsp3) is 0.600. The van der Waals surface area contributed by atoms with Gasteiger partial charge in [0, 0.05) is 24.2 Å². The Morgan fingerprint density at radius 3 is 2.35 bits per heavy atom. The van der Waals surface area contributed by atoms with Gasteiger partial charge in [-0.1, -0.05) is 6.07 Å². The van der Waals surface area contributed by atoms with Crippen LogP contribution in [0.15, 0.2) is 24.3 Å². The van der Waals surface area contributed by atoms with Crippen LogP contribution in [-0.4, -0.2) is 24.0 Å². The molecule has 5 rings (SSSR count). The maximum atomic E-state index is 13.1. The molecule has 4 saturated carbocycles. The highest BCUT2D eigenvalue weighted by Gasteiger charge is 2.51. The standard InChI is InChI=1S/C20H26FN3O2/c21-16-2-1-3-17(9-16)23-18(25)4-5-22-19(26)24-20-10-13-6-14(11-20)8-15(7-13)12-20/h1-3,9,13-15H,4-8,10-12H2,(H,23,25)(H2,22,24,26).